The quantitative estimate of drug-likeness (QED) is 0.779. The van der Waals surface area contributed by atoms with Crippen molar-refractivity contribution in [3.63, 3.8) is 0 Å². The third-order valence-electron chi connectivity index (χ3n) is 3.78. The van der Waals surface area contributed by atoms with Crippen LogP contribution in [-0.4, -0.2) is 19.1 Å². The summed E-state index contributed by atoms with van der Waals surface area (Å²) in [4.78, 5) is 12.2. The first-order valence-electron chi connectivity index (χ1n) is 8.33. The van der Waals surface area contributed by atoms with Crippen molar-refractivity contribution in [1.82, 2.24) is 0 Å². The summed E-state index contributed by atoms with van der Waals surface area (Å²) in [5.41, 5.74) is 2.07. The zero-order valence-corrected chi connectivity index (χ0v) is 14.5. The van der Waals surface area contributed by atoms with Crippen LogP contribution in [0.4, 0.5) is 5.69 Å². The molecule has 1 atom stereocenters. The van der Waals surface area contributed by atoms with Gasteiger partial charge in [0, 0.05) is 5.69 Å². The van der Waals surface area contributed by atoms with Crippen LogP contribution in [0.1, 0.15) is 32.3 Å². The number of nitrogens with one attached hydrogen (secondary N) is 1. The normalized spacial score (nSPS) is 11.6. The van der Waals surface area contributed by atoms with Crippen LogP contribution in [-0.2, 0) is 11.2 Å². The van der Waals surface area contributed by atoms with E-state index in [9.17, 15) is 4.79 Å². The Morgan fingerprint density at radius 3 is 2.25 bits per heavy atom. The van der Waals surface area contributed by atoms with Gasteiger partial charge in [-0.15, -0.1) is 0 Å². The van der Waals surface area contributed by atoms with Crippen molar-refractivity contribution in [2.45, 2.75) is 39.2 Å². The lowest BCUT2D eigenvalue weighted by atomic mass is 10.1. The number of hydrogen-bond acceptors (Lipinski definition) is 3. The average Bonchev–Trinajstić information content (AvgIpc) is 2.61. The van der Waals surface area contributed by atoms with Gasteiger partial charge in [-0.2, -0.15) is 0 Å². The minimum atomic E-state index is -0.585. The van der Waals surface area contributed by atoms with Crippen molar-refractivity contribution in [3.8, 4) is 11.5 Å². The van der Waals surface area contributed by atoms with Crippen molar-refractivity contribution in [2.24, 2.45) is 0 Å². The fourth-order valence-electron chi connectivity index (χ4n) is 2.29. The predicted octanol–water partition coefficient (Wildman–Crippen LogP) is 4.44. The third kappa shape index (κ3) is 5.30. The Bertz CT molecular complexity index is 635. The zero-order chi connectivity index (χ0) is 17.4. The van der Waals surface area contributed by atoms with E-state index in [-0.39, 0.29) is 5.91 Å². The molecule has 0 saturated heterocycles. The monoisotopic (exact) mass is 327 g/mol. The van der Waals surface area contributed by atoms with Crippen molar-refractivity contribution in [2.75, 3.05) is 12.4 Å². The molecular formula is C20H25NO3. The molecule has 1 unspecified atom stereocenters. The molecule has 2 aromatic carbocycles. The van der Waals surface area contributed by atoms with E-state index in [1.165, 1.54) is 18.4 Å². The van der Waals surface area contributed by atoms with Crippen LogP contribution >= 0.6 is 0 Å². The number of rotatable bonds is 8. The van der Waals surface area contributed by atoms with Crippen LogP contribution in [0.15, 0.2) is 48.5 Å². The standard InChI is InChI=1S/C20H25NO3/c1-4-5-6-16-7-9-17(10-8-16)21-20(22)15(2)24-19-13-11-18(23-3)12-14-19/h7-15H,4-6H2,1-3H3,(H,21,22). The number of methoxy groups -OCH3 is 1. The number of benzene rings is 2. The highest BCUT2D eigenvalue weighted by Crippen LogP contribution is 2.19. The zero-order valence-electron chi connectivity index (χ0n) is 14.5. The number of hydrogen-bond donors (Lipinski definition) is 1. The summed E-state index contributed by atoms with van der Waals surface area (Å²) < 4.78 is 10.8. The molecule has 128 valence electrons. The molecule has 4 nitrogen and oxygen atoms in total. The van der Waals surface area contributed by atoms with Gasteiger partial charge in [-0.3, -0.25) is 4.79 Å². The van der Waals surface area contributed by atoms with Gasteiger partial charge in [-0.05, 0) is 61.7 Å². The number of amides is 1. The lowest BCUT2D eigenvalue weighted by molar-refractivity contribution is -0.122. The molecule has 4 heteroatoms. The number of carbonyl (C=O) groups is 1. The lowest BCUT2D eigenvalue weighted by Crippen LogP contribution is -2.30. The fraction of sp³-hybridized carbons (Fsp3) is 0.350. The molecule has 0 aliphatic rings. The van der Waals surface area contributed by atoms with E-state index in [1.54, 1.807) is 38.3 Å². The Balaban J connectivity index is 1.88. The van der Waals surface area contributed by atoms with Gasteiger partial charge in [0.05, 0.1) is 7.11 Å². The van der Waals surface area contributed by atoms with E-state index >= 15 is 0 Å². The molecule has 0 radical (unpaired) electrons. The van der Waals surface area contributed by atoms with Crippen LogP contribution in [0.25, 0.3) is 0 Å². The number of ether oxygens (including phenoxy) is 2. The molecule has 0 saturated carbocycles. The minimum absolute atomic E-state index is 0.174. The fourth-order valence-corrected chi connectivity index (χ4v) is 2.29. The van der Waals surface area contributed by atoms with E-state index in [4.69, 9.17) is 9.47 Å². The number of aryl methyl sites for hydroxylation is 1. The maximum atomic E-state index is 12.2. The van der Waals surface area contributed by atoms with Gasteiger partial charge in [-0.25, -0.2) is 0 Å². The highest BCUT2D eigenvalue weighted by molar-refractivity contribution is 5.94. The molecule has 0 aromatic heterocycles. The molecule has 0 heterocycles. The summed E-state index contributed by atoms with van der Waals surface area (Å²) in [7, 11) is 1.61. The highest BCUT2D eigenvalue weighted by atomic mass is 16.5. The summed E-state index contributed by atoms with van der Waals surface area (Å²) in [6, 6.07) is 15.1. The van der Waals surface area contributed by atoms with Gasteiger partial charge in [0.15, 0.2) is 6.10 Å². The molecule has 0 spiro atoms. The second kappa shape index (κ2) is 8.96. The van der Waals surface area contributed by atoms with Crippen LogP contribution < -0.4 is 14.8 Å². The second-order valence-electron chi connectivity index (χ2n) is 5.73. The summed E-state index contributed by atoms with van der Waals surface area (Å²) in [6.45, 7) is 3.91. The van der Waals surface area contributed by atoms with Gasteiger partial charge in [-0.1, -0.05) is 25.5 Å². The Morgan fingerprint density at radius 1 is 1.04 bits per heavy atom. The number of carbonyl (C=O) groups excluding carboxylic acids is 1. The first-order chi connectivity index (χ1) is 11.6. The molecule has 0 aliphatic carbocycles. The van der Waals surface area contributed by atoms with Gasteiger partial charge >= 0.3 is 0 Å². The Labute approximate surface area is 143 Å². The largest absolute Gasteiger partial charge is 0.497 e. The van der Waals surface area contributed by atoms with Gasteiger partial charge in [0.2, 0.25) is 0 Å². The van der Waals surface area contributed by atoms with E-state index in [0.29, 0.717) is 5.75 Å². The summed E-state index contributed by atoms with van der Waals surface area (Å²) in [5.74, 6) is 1.21. The second-order valence-corrected chi connectivity index (χ2v) is 5.73. The molecule has 2 rings (SSSR count). The molecule has 0 bridgehead atoms. The lowest BCUT2D eigenvalue weighted by Gasteiger charge is -2.15. The molecule has 0 aliphatic heterocycles. The topological polar surface area (TPSA) is 47.6 Å². The van der Waals surface area contributed by atoms with E-state index in [0.717, 1.165) is 17.9 Å². The number of anilines is 1. The van der Waals surface area contributed by atoms with Crippen LogP contribution in [0.2, 0.25) is 0 Å². The number of unbranched alkanes of at least 4 members (excludes halogenated alkanes) is 1. The molecule has 24 heavy (non-hydrogen) atoms. The Kier molecular flexibility index (Phi) is 6.67. The highest BCUT2D eigenvalue weighted by Gasteiger charge is 2.14. The average molecular weight is 327 g/mol. The van der Waals surface area contributed by atoms with Crippen molar-refractivity contribution in [1.29, 1.82) is 0 Å². The first-order valence-corrected chi connectivity index (χ1v) is 8.33. The van der Waals surface area contributed by atoms with Gasteiger partial charge in [0.25, 0.3) is 5.91 Å². The van der Waals surface area contributed by atoms with Crippen molar-refractivity contribution in [3.05, 3.63) is 54.1 Å². The van der Waals surface area contributed by atoms with E-state index in [2.05, 4.69) is 24.4 Å². The first kappa shape index (κ1) is 17.9. The molecule has 1 amide bonds. The van der Waals surface area contributed by atoms with Crippen LogP contribution in [0.3, 0.4) is 0 Å². The Hall–Kier alpha value is -2.49. The molecule has 2 aromatic rings. The summed E-state index contributed by atoms with van der Waals surface area (Å²) in [5, 5.41) is 2.88. The van der Waals surface area contributed by atoms with E-state index in [1.807, 2.05) is 12.1 Å². The third-order valence-corrected chi connectivity index (χ3v) is 3.78. The summed E-state index contributed by atoms with van der Waals surface area (Å²) >= 11 is 0. The van der Waals surface area contributed by atoms with Crippen molar-refractivity contribution < 1.29 is 14.3 Å². The molecular weight excluding hydrogens is 302 g/mol. The van der Waals surface area contributed by atoms with E-state index < -0.39 is 6.10 Å². The molecule has 0 fully saturated rings. The van der Waals surface area contributed by atoms with Gasteiger partial charge < -0.3 is 14.8 Å². The smallest absolute Gasteiger partial charge is 0.265 e. The predicted molar refractivity (Wildman–Crippen MR) is 96.8 cm³/mol. The maximum absolute atomic E-state index is 12.2. The van der Waals surface area contributed by atoms with Crippen LogP contribution in [0.5, 0.6) is 11.5 Å². The van der Waals surface area contributed by atoms with Gasteiger partial charge in [0.1, 0.15) is 11.5 Å². The Morgan fingerprint density at radius 2 is 1.67 bits per heavy atom. The SMILES string of the molecule is CCCCc1ccc(NC(=O)C(C)Oc2ccc(OC)cc2)cc1. The maximum Gasteiger partial charge on any atom is 0.265 e. The minimum Gasteiger partial charge on any atom is -0.497 e. The molecule has 1 N–H and O–H groups in total. The van der Waals surface area contributed by atoms with Crippen molar-refractivity contribution >= 4 is 11.6 Å². The van der Waals surface area contributed by atoms with Crippen LogP contribution in [0, 0.1) is 0 Å². The summed E-state index contributed by atoms with van der Waals surface area (Å²) in [6.07, 6.45) is 2.84.